The summed E-state index contributed by atoms with van der Waals surface area (Å²) in [6, 6.07) is 9.86. The van der Waals surface area contributed by atoms with Gasteiger partial charge in [-0.2, -0.15) is 0 Å². The smallest absolute Gasteiger partial charge is 0.152 e. The highest BCUT2D eigenvalue weighted by molar-refractivity contribution is 6.05. The Kier molecular flexibility index (Phi) is 2.78. The van der Waals surface area contributed by atoms with Crippen molar-refractivity contribution in [2.24, 2.45) is 5.92 Å². The van der Waals surface area contributed by atoms with Crippen LogP contribution in [0.2, 0.25) is 0 Å². The first kappa shape index (κ1) is 11.8. The molecule has 0 atom stereocenters. The second-order valence-electron chi connectivity index (χ2n) is 5.14. The second kappa shape index (κ2) is 4.46. The second-order valence-corrected chi connectivity index (χ2v) is 5.14. The molecule has 0 aliphatic carbocycles. The summed E-state index contributed by atoms with van der Waals surface area (Å²) < 4.78 is 0. The molecule has 0 radical (unpaired) electrons. The molecule has 0 aliphatic rings. The van der Waals surface area contributed by atoms with E-state index in [0.717, 1.165) is 28.7 Å². The van der Waals surface area contributed by atoms with E-state index in [1.54, 1.807) is 0 Å². The lowest BCUT2D eigenvalue weighted by Gasteiger charge is -1.97. The van der Waals surface area contributed by atoms with E-state index in [1.165, 1.54) is 0 Å². The Hall–Kier alpha value is -2.23. The number of fused-ring (bicyclic) bond motifs is 3. The Morgan fingerprint density at radius 1 is 1.00 bits per heavy atom. The van der Waals surface area contributed by atoms with Crippen LogP contribution < -0.4 is 5.73 Å². The van der Waals surface area contributed by atoms with Gasteiger partial charge in [0.2, 0.25) is 0 Å². The van der Waals surface area contributed by atoms with Crippen LogP contribution in [0.5, 0.6) is 0 Å². The van der Waals surface area contributed by atoms with Crippen LogP contribution >= 0.6 is 0 Å². The third-order valence-corrected chi connectivity index (χ3v) is 3.05. The summed E-state index contributed by atoms with van der Waals surface area (Å²) in [4.78, 5) is 13.6. The fourth-order valence-electron chi connectivity index (χ4n) is 2.23. The third kappa shape index (κ3) is 2.10. The molecule has 2 N–H and O–H groups in total. The molecular weight excluding hydrogens is 236 g/mol. The van der Waals surface area contributed by atoms with Crippen LogP contribution in [0.15, 0.2) is 30.3 Å². The van der Waals surface area contributed by atoms with Gasteiger partial charge in [-0.15, -0.1) is 0 Å². The largest absolute Gasteiger partial charge is 0.382 e. The fourth-order valence-corrected chi connectivity index (χ4v) is 2.23. The maximum Gasteiger partial charge on any atom is 0.152 e. The maximum atomic E-state index is 5.99. The van der Waals surface area contributed by atoms with Crippen molar-refractivity contribution in [3.63, 3.8) is 0 Å². The molecule has 1 aromatic carbocycles. The number of aromatic nitrogens is 3. The Balaban J connectivity index is 2.34. The zero-order valence-corrected chi connectivity index (χ0v) is 11.1. The average molecular weight is 252 g/mol. The monoisotopic (exact) mass is 252 g/mol. The number of pyridine rings is 1. The zero-order valence-electron chi connectivity index (χ0n) is 11.1. The van der Waals surface area contributed by atoms with Crippen molar-refractivity contribution < 1.29 is 0 Å². The van der Waals surface area contributed by atoms with Crippen LogP contribution in [0, 0.1) is 5.92 Å². The molecule has 3 rings (SSSR count). The van der Waals surface area contributed by atoms with E-state index in [0.29, 0.717) is 17.3 Å². The highest BCUT2D eigenvalue weighted by atomic mass is 15.0. The predicted molar refractivity (Wildman–Crippen MR) is 77.8 cm³/mol. The van der Waals surface area contributed by atoms with Crippen molar-refractivity contribution in [2.45, 2.75) is 20.3 Å². The minimum atomic E-state index is 0.455. The number of nitrogen functional groups attached to an aromatic ring is 1. The van der Waals surface area contributed by atoms with Gasteiger partial charge in [0.1, 0.15) is 16.9 Å². The normalized spacial score (nSPS) is 11.5. The Labute approximate surface area is 111 Å². The molecule has 0 spiro atoms. The maximum absolute atomic E-state index is 5.99. The molecule has 0 saturated carbocycles. The summed E-state index contributed by atoms with van der Waals surface area (Å²) >= 11 is 0. The van der Waals surface area contributed by atoms with Gasteiger partial charge < -0.3 is 5.73 Å². The molecule has 0 unspecified atom stereocenters. The van der Waals surface area contributed by atoms with Crippen molar-refractivity contribution in [2.75, 3.05) is 5.73 Å². The predicted octanol–water partition coefficient (Wildman–Crippen LogP) is 2.96. The fraction of sp³-hybridized carbons (Fsp3) is 0.267. The molecule has 0 saturated heterocycles. The van der Waals surface area contributed by atoms with Gasteiger partial charge >= 0.3 is 0 Å². The first-order valence-corrected chi connectivity index (χ1v) is 6.46. The van der Waals surface area contributed by atoms with Crippen LogP contribution in [-0.2, 0) is 6.42 Å². The van der Waals surface area contributed by atoms with Gasteiger partial charge in [-0.25, -0.2) is 15.0 Å². The van der Waals surface area contributed by atoms with Crippen molar-refractivity contribution >= 4 is 27.8 Å². The van der Waals surface area contributed by atoms with Gasteiger partial charge in [0.05, 0.1) is 5.52 Å². The van der Waals surface area contributed by atoms with E-state index in [9.17, 15) is 0 Å². The molecule has 4 heteroatoms. The van der Waals surface area contributed by atoms with E-state index < -0.39 is 0 Å². The van der Waals surface area contributed by atoms with Crippen LogP contribution in [0.3, 0.4) is 0 Å². The summed E-state index contributed by atoms with van der Waals surface area (Å²) in [5.41, 5.74) is 8.42. The standard InChI is InChI=1S/C15H16N4/c1-9(2)8-12-18-13-10-6-4-3-5-7-11(10)17-15(16)14(13)19-12/h3-7,9H,8H2,1-2H3,(H2,16,17). The first-order valence-electron chi connectivity index (χ1n) is 6.46. The van der Waals surface area contributed by atoms with E-state index in [1.807, 2.05) is 30.3 Å². The summed E-state index contributed by atoms with van der Waals surface area (Å²) in [5, 5.41) is 0.997. The van der Waals surface area contributed by atoms with Gasteiger partial charge in [-0.3, -0.25) is 0 Å². The SMILES string of the molecule is CC(C)Cc1nc2c(N)nc3cccccc3c2n1. The number of imidazole rings is 1. The molecule has 3 aromatic rings. The van der Waals surface area contributed by atoms with E-state index >= 15 is 0 Å². The Morgan fingerprint density at radius 2 is 1.74 bits per heavy atom. The van der Waals surface area contributed by atoms with E-state index in [4.69, 9.17) is 5.73 Å². The number of hydrogen-bond donors (Lipinski definition) is 1. The lowest BCUT2D eigenvalue weighted by atomic mass is 10.1. The minimum Gasteiger partial charge on any atom is -0.382 e. The Morgan fingerprint density at radius 3 is 2.53 bits per heavy atom. The third-order valence-electron chi connectivity index (χ3n) is 3.05. The minimum absolute atomic E-state index is 0.455. The molecule has 19 heavy (non-hydrogen) atoms. The highest BCUT2D eigenvalue weighted by Crippen LogP contribution is 2.25. The molecule has 0 aliphatic heterocycles. The number of rotatable bonds is 2. The van der Waals surface area contributed by atoms with Crippen LogP contribution in [0.1, 0.15) is 19.7 Å². The van der Waals surface area contributed by atoms with Crippen molar-refractivity contribution in [3.05, 3.63) is 36.2 Å². The lowest BCUT2D eigenvalue weighted by Crippen LogP contribution is -1.95. The van der Waals surface area contributed by atoms with Gasteiger partial charge in [0.25, 0.3) is 0 Å². The van der Waals surface area contributed by atoms with Crippen molar-refractivity contribution in [1.29, 1.82) is 0 Å². The molecule has 0 fully saturated rings. The summed E-state index contributed by atoms with van der Waals surface area (Å²) in [5.74, 6) is 1.82. The van der Waals surface area contributed by atoms with Gasteiger partial charge in [-0.1, -0.05) is 38.1 Å². The Bertz CT molecular complexity index is 750. The molecular formula is C15H16N4. The van der Waals surface area contributed by atoms with E-state index in [-0.39, 0.29) is 0 Å². The van der Waals surface area contributed by atoms with Crippen molar-refractivity contribution in [3.8, 4) is 0 Å². The van der Waals surface area contributed by atoms with Gasteiger partial charge in [0, 0.05) is 11.8 Å². The van der Waals surface area contributed by atoms with Gasteiger partial charge in [0.15, 0.2) is 5.82 Å². The average Bonchev–Trinajstić information content (AvgIpc) is 2.61. The van der Waals surface area contributed by atoms with E-state index in [2.05, 4.69) is 28.8 Å². The molecule has 0 bridgehead atoms. The highest BCUT2D eigenvalue weighted by Gasteiger charge is 2.12. The molecule has 0 amide bonds. The topological polar surface area (TPSA) is 64.7 Å². The van der Waals surface area contributed by atoms with Crippen molar-refractivity contribution in [1.82, 2.24) is 15.0 Å². The number of nitrogens with zero attached hydrogens (tertiary/aromatic N) is 3. The lowest BCUT2D eigenvalue weighted by molar-refractivity contribution is 0.627. The van der Waals surface area contributed by atoms with Crippen LogP contribution in [0.4, 0.5) is 5.82 Å². The summed E-state index contributed by atoms with van der Waals surface area (Å²) in [7, 11) is 0. The quantitative estimate of drug-likeness (QED) is 0.761. The number of anilines is 1. The molecule has 4 nitrogen and oxygen atoms in total. The summed E-state index contributed by atoms with van der Waals surface area (Å²) in [6.45, 7) is 4.31. The number of nitrogens with two attached hydrogens (primary N) is 1. The first-order chi connectivity index (χ1) is 9.15. The molecule has 2 heterocycles. The number of hydrogen-bond acceptors (Lipinski definition) is 4. The molecule has 2 aromatic heterocycles. The van der Waals surface area contributed by atoms with Crippen LogP contribution in [-0.4, -0.2) is 15.0 Å². The van der Waals surface area contributed by atoms with Gasteiger partial charge in [-0.05, 0) is 12.0 Å². The zero-order chi connectivity index (χ0) is 13.4. The summed E-state index contributed by atoms with van der Waals surface area (Å²) in [6.07, 6.45) is 0.856. The van der Waals surface area contributed by atoms with Crippen LogP contribution in [0.25, 0.3) is 21.9 Å². The molecule has 96 valence electrons.